The van der Waals surface area contributed by atoms with Crippen LogP contribution in [0.2, 0.25) is 0 Å². The lowest BCUT2D eigenvalue weighted by Crippen LogP contribution is -2.33. The molecule has 0 atom stereocenters. The van der Waals surface area contributed by atoms with E-state index in [1.165, 1.54) is 0 Å². The Morgan fingerprint density at radius 1 is 1.17 bits per heavy atom. The summed E-state index contributed by atoms with van der Waals surface area (Å²) in [5.74, 6) is 0.831. The van der Waals surface area contributed by atoms with Gasteiger partial charge in [-0.3, -0.25) is 9.69 Å². The molecule has 3 rings (SSSR count). The van der Waals surface area contributed by atoms with E-state index < -0.39 is 0 Å². The normalized spacial score (nSPS) is 10.9. The van der Waals surface area contributed by atoms with Crippen molar-refractivity contribution in [3.05, 3.63) is 65.2 Å². The fourth-order valence-electron chi connectivity index (χ4n) is 3.11. The van der Waals surface area contributed by atoms with E-state index in [-0.39, 0.29) is 5.91 Å². The zero-order chi connectivity index (χ0) is 20.6. The van der Waals surface area contributed by atoms with Gasteiger partial charge in [-0.15, -0.1) is 11.3 Å². The molecule has 6 heteroatoms. The van der Waals surface area contributed by atoms with Gasteiger partial charge in [-0.05, 0) is 55.8 Å². The summed E-state index contributed by atoms with van der Waals surface area (Å²) >= 11 is 1.62. The molecule has 152 valence electrons. The van der Waals surface area contributed by atoms with Gasteiger partial charge in [0.2, 0.25) is 5.91 Å². The Kier molecular flexibility index (Phi) is 7.38. The lowest BCUT2D eigenvalue weighted by atomic mass is 10.2. The third kappa shape index (κ3) is 5.89. The van der Waals surface area contributed by atoms with Gasteiger partial charge < -0.3 is 10.1 Å². The number of rotatable bonds is 9. The van der Waals surface area contributed by atoms with Crippen molar-refractivity contribution < 1.29 is 9.53 Å². The molecule has 0 fully saturated rings. The number of para-hydroxylation sites is 1. The SMILES string of the molecule is CCCN(CC(=O)Nc1ccccc1C)Cc1csc(-c2ccc(OC)cc2)n1. The summed E-state index contributed by atoms with van der Waals surface area (Å²) in [7, 11) is 1.66. The Morgan fingerprint density at radius 2 is 1.93 bits per heavy atom. The lowest BCUT2D eigenvalue weighted by Gasteiger charge is -2.20. The summed E-state index contributed by atoms with van der Waals surface area (Å²) in [6.07, 6.45) is 0.979. The molecular formula is C23H27N3O2S. The number of thiazole rings is 1. The second-order valence-corrected chi connectivity index (χ2v) is 7.80. The number of nitrogens with zero attached hydrogens (tertiary/aromatic N) is 2. The summed E-state index contributed by atoms with van der Waals surface area (Å²) in [6, 6.07) is 15.7. The van der Waals surface area contributed by atoms with Crippen LogP contribution in [-0.4, -0.2) is 36.0 Å². The topological polar surface area (TPSA) is 54.5 Å². The molecule has 0 radical (unpaired) electrons. The van der Waals surface area contributed by atoms with Crippen molar-refractivity contribution in [2.24, 2.45) is 0 Å². The van der Waals surface area contributed by atoms with Crippen LogP contribution in [0.1, 0.15) is 24.6 Å². The highest BCUT2D eigenvalue weighted by molar-refractivity contribution is 7.13. The first-order valence-electron chi connectivity index (χ1n) is 9.75. The van der Waals surface area contributed by atoms with Crippen LogP contribution in [0.3, 0.4) is 0 Å². The smallest absolute Gasteiger partial charge is 0.238 e. The van der Waals surface area contributed by atoms with Gasteiger partial charge in [0, 0.05) is 23.2 Å². The standard InChI is InChI=1S/C23H27N3O2S/c1-4-13-26(15-22(27)25-21-8-6-5-7-17(21)2)14-19-16-29-23(24-19)18-9-11-20(28-3)12-10-18/h5-12,16H,4,13-15H2,1-3H3,(H,25,27). The number of hydrogen-bond donors (Lipinski definition) is 1. The highest BCUT2D eigenvalue weighted by Crippen LogP contribution is 2.26. The number of aromatic nitrogens is 1. The highest BCUT2D eigenvalue weighted by Gasteiger charge is 2.14. The Morgan fingerprint density at radius 3 is 2.62 bits per heavy atom. The van der Waals surface area contributed by atoms with Gasteiger partial charge in [-0.1, -0.05) is 25.1 Å². The summed E-state index contributed by atoms with van der Waals surface area (Å²) in [5.41, 5.74) is 3.98. The van der Waals surface area contributed by atoms with Gasteiger partial charge in [-0.2, -0.15) is 0 Å². The number of benzene rings is 2. The van der Waals surface area contributed by atoms with E-state index in [9.17, 15) is 4.79 Å². The average molecular weight is 410 g/mol. The minimum Gasteiger partial charge on any atom is -0.497 e. The summed E-state index contributed by atoms with van der Waals surface area (Å²) in [6.45, 7) is 5.96. The number of amides is 1. The fraction of sp³-hybridized carbons (Fsp3) is 0.304. The Bertz CT molecular complexity index is 937. The first-order chi connectivity index (χ1) is 14.1. The minimum atomic E-state index is -0.00152. The molecule has 3 aromatic rings. The first kappa shape index (κ1) is 21.0. The Labute approximate surface area is 176 Å². The molecule has 0 aliphatic carbocycles. The summed E-state index contributed by atoms with van der Waals surface area (Å²) in [4.78, 5) is 19.5. The van der Waals surface area contributed by atoms with Crippen LogP contribution in [-0.2, 0) is 11.3 Å². The monoisotopic (exact) mass is 409 g/mol. The van der Waals surface area contributed by atoms with E-state index in [0.717, 1.165) is 46.2 Å². The summed E-state index contributed by atoms with van der Waals surface area (Å²) in [5, 5.41) is 6.06. The predicted octanol–water partition coefficient (Wildman–Crippen LogP) is 4.98. The van der Waals surface area contributed by atoms with Crippen molar-refractivity contribution in [2.75, 3.05) is 25.5 Å². The van der Waals surface area contributed by atoms with Crippen molar-refractivity contribution in [1.29, 1.82) is 0 Å². The van der Waals surface area contributed by atoms with E-state index in [1.54, 1.807) is 18.4 Å². The van der Waals surface area contributed by atoms with E-state index in [4.69, 9.17) is 9.72 Å². The molecule has 5 nitrogen and oxygen atoms in total. The molecular weight excluding hydrogens is 382 g/mol. The number of hydrogen-bond acceptors (Lipinski definition) is 5. The number of carbonyl (C=O) groups is 1. The van der Waals surface area contributed by atoms with Crippen molar-refractivity contribution in [3.8, 4) is 16.3 Å². The molecule has 0 bridgehead atoms. The van der Waals surface area contributed by atoms with Crippen LogP contribution in [0.15, 0.2) is 53.9 Å². The van der Waals surface area contributed by atoms with E-state index in [2.05, 4.69) is 22.5 Å². The number of nitrogens with one attached hydrogen (secondary N) is 1. The molecule has 0 aliphatic rings. The molecule has 29 heavy (non-hydrogen) atoms. The maximum atomic E-state index is 12.5. The zero-order valence-corrected chi connectivity index (χ0v) is 18.0. The van der Waals surface area contributed by atoms with Crippen molar-refractivity contribution in [1.82, 2.24) is 9.88 Å². The molecule has 0 saturated heterocycles. The predicted molar refractivity (Wildman–Crippen MR) is 119 cm³/mol. The maximum Gasteiger partial charge on any atom is 0.238 e. The van der Waals surface area contributed by atoms with Gasteiger partial charge in [-0.25, -0.2) is 4.98 Å². The van der Waals surface area contributed by atoms with Gasteiger partial charge in [0.25, 0.3) is 0 Å². The third-order valence-corrected chi connectivity index (χ3v) is 5.54. The number of methoxy groups -OCH3 is 1. The highest BCUT2D eigenvalue weighted by atomic mass is 32.1. The minimum absolute atomic E-state index is 0.00152. The van der Waals surface area contributed by atoms with E-state index in [1.807, 2.05) is 55.5 Å². The van der Waals surface area contributed by atoms with E-state index in [0.29, 0.717) is 13.1 Å². The molecule has 1 aromatic heterocycles. The van der Waals surface area contributed by atoms with Crippen molar-refractivity contribution in [3.63, 3.8) is 0 Å². The maximum absolute atomic E-state index is 12.5. The van der Waals surface area contributed by atoms with Crippen LogP contribution in [0.4, 0.5) is 5.69 Å². The second kappa shape index (κ2) is 10.2. The van der Waals surface area contributed by atoms with Crippen molar-refractivity contribution in [2.45, 2.75) is 26.8 Å². The van der Waals surface area contributed by atoms with Crippen LogP contribution in [0.25, 0.3) is 10.6 Å². The fourth-order valence-corrected chi connectivity index (χ4v) is 3.93. The lowest BCUT2D eigenvalue weighted by molar-refractivity contribution is -0.117. The molecule has 1 heterocycles. The van der Waals surface area contributed by atoms with Crippen LogP contribution in [0.5, 0.6) is 5.75 Å². The number of aryl methyl sites for hydroxylation is 1. The molecule has 0 aliphatic heterocycles. The Balaban J connectivity index is 1.63. The van der Waals surface area contributed by atoms with Gasteiger partial charge in [0.1, 0.15) is 10.8 Å². The molecule has 1 N–H and O–H groups in total. The van der Waals surface area contributed by atoms with Crippen LogP contribution >= 0.6 is 11.3 Å². The molecule has 0 saturated carbocycles. The Hall–Kier alpha value is -2.70. The average Bonchev–Trinajstić information content (AvgIpc) is 3.18. The number of carbonyl (C=O) groups excluding carboxylic acids is 1. The van der Waals surface area contributed by atoms with Crippen LogP contribution < -0.4 is 10.1 Å². The first-order valence-corrected chi connectivity index (χ1v) is 10.6. The van der Waals surface area contributed by atoms with Gasteiger partial charge in [0.15, 0.2) is 0 Å². The van der Waals surface area contributed by atoms with Crippen LogP contribution in [0, 0.1) is 6.92 Å². The third-order valence-electron chi connectivity index (χ3n) is 4.60. The van der Waals surface area contributed by atoms with Gasteiger partial charge >= 0.3 is 0 Å². The zero-order valence-electron chi connectivity index (χ0n) is 17.1. The van der Waals surface area contributed by atoms with Crippen molar-refractivity contribution >= 4 is 22.9 Å². The number of ether oxygens (including phenoxy) is 1. The molecule has 2 aromatic carbocycles. The second-order valence-electron chi connectivity index (χ2n) is 6.95. The quantitative estimate of drug-likeness (QED) is 0.542. The largest absolute Gasteiger partial charge is 0.497 e. The van der Waals surface area contributed by atoms with Gasteiger partial charge in [0.05, 0.1) is 19.3 Å². The molecule has 0 spiro atoms. The van der Waals surface area contributed by atoms with E-state index >= 15 is 0 Å². The number of anilines is 1. The molecule has 1 amide bonds. The summed E-state index contributed by atoms with van der Waals surface area (Å²) < 4.78 is 5.22. The molecule has 0 unspecified atom stereocenters.